The number of fused-ring (bicyclic) bond motifs is 2. The van der Waals surface area contributed by atoms with Crippen LogP contribution in [0.25, 0.3) is 0 Å². The average Bonchev–Trinajstić information content (AvgIpc) is 2.27. The molecule has 17 heavy (non-hydrogen) atoms. The second kappa shape index (κ2) is 4.51. The van der Waals surface area contributed by atoms with Crippen molar-refractivity contribution in [2.24, 2.45) is 0 Å². The van der Waals surface area contributed by atoms with Crippen molar-refractivity contribution in [3.8, 4) is 0 Å². The Morgan fingerprint density at radius 2 is 1.88 bits per heavy atom. The zero-order chi connectivity index (χ0) is 11.1. The summed E-state index contributed by atoms with van der Waals surface area (Å²) in [6.45, 7) is 2.07. The zero-order valence-corrected chi connectivity index (χ0v) is 11.0. The summed E-state index contributed by atoms with van der Waals surface area (Å²) in [6.07, 6.45) is 0. The summed E-state index contributed by atoms with van der Waals surface area (Å²) >= 11 is 1.77. The standard InChI is InChI=1S/C13H12N2S.ClH/c1-8-6-9(14)13-12(7-8)16-11-5-3-2-4-10(11)15-13;/h2-7,15H,14H2,1H3;1H. The number of nitrogen functional groups attached to an aromatic ring is 1. The van der Waals surface area contributed by atoms with E-state index in [0.29, 0.717) is 0 Å². The fraction of sp³-hybridized carbons (Fsp3) is 0.0769. The van der Waals surface area contributed by atoms with E-state index in [1.54, 1.807) is 11.8 Å². The molecule has 0 bridgehead atoms. The molecule has 0 atom stereocenters. The van der Waals surface area contributed by atoms with Gasteiger partial charge in [-0.1, -0.05) is 23.9 Å². The van der Waals surface area contributed by atoms with E-state index in [2.05, 4.69) is 36.5 Å². The number of hydrogen-bond acceptors (Lipinski definition) is 3. The number of rotatable bonds is 0. The highest BCUT2D eigenvalue weighted by Gasteiger charge is 2.17. The maximum absolute atomic E-state index is 6.02. The number of aryl methyl sites for hydroxylation is 1. The van der Waals surface area contributed by atoms with Crippen LogP contribution in [0.1, 0.15) is 5.56 Å². The average molecular weight is 265 g/mol. The fourth-order valence-electron chi connectivity index (χ4n) is 1.91. The smallest absolute Gasteiger partial charge is 0.0760 e. The number of para-hydroxylation sites is 1. The first-order valence-corrected chi connectivity index (χ1v) is 6.00. The number of nitrogens with one attached hydrogen (secondary N) is 1. The summed E-state index contributed by atoms with van der Waals surface area (Å²) in [5, 5.41) is 3.39. The van der Waals surface area contributed by atoms with Gasteiger partial charge in [0.1, 0.15) is 0 Å². The molecule has 0 spiro atoms. The number of anilines is 3. The van der Waals surface area contributed by atoms with Gasteiger partial charge in [0.25, 0.3) is 0 Å². The van der Waals surface area contributed by atoms with Crippen LogP contribution in [-0.2, 0) is 0 Å². The summed E-state index contributed by atoms with van der Waals surface area (Å²) < 4.78 is 0. The molecule has 0 aliphatic carbocycles. The van der Waals surface area contributed by atoms with E-state index >= 15 is 0 Å². The molecule has 3 rings (SSSR count). The minimum atomic E-state index is 0. The highest BCUT2D eigenvalue weighted by Crippen LogP contribution is 2.46. The van der Waals surface area contributed by atoms with E-state index in [4.69, 9.17) is 5.73 Å². The fourth-order valence-corrected chi connectivity index (χ4v) is 3.03. The van der Waals surface area contributed by atoms with Crippen LogP contribution in [0.15, 0.2) is 46.2 Å². The minimum Gasteiger partial charge on any atom is -0.397 e. The second-order valence-corrected chi connectivity index (χ2v) is 5.03. The molecule has 1 aliphatic heterocycles. The van der Waals surface area contributed by atoms with Crippen molar-refractivity contribution < 1.29 is 0 Å². The Morgan fingerprint density at radius 1 is 1.12 bits per heavy atom. The lowest BCUT2D eigenvalue weighted by molar-refractivity contribution is 1.29. The molecule has 0 saturated carbocycles. The summed E-state index contributed by atoms with van der Waals surface area (Å²) in [5.74, 6) is 0. The Morgan fingerprint density at radius 3 is 2.71 bits per heavy atom. The normalized spacial score (nSPS) is 11.8. The molecule has 2 aromatic carbocycles. The molecule has 2 nitrogen and oxygen atoms in total. The molecule has 0 amide bonds. The van der Waals surface area contributed by atoms with E-state index in [-0.39, 0.29) is 12.4 Å². The van der Waals surface area contributed by atoms with Crippen molar-refractivity contribution in [2.75, 3.05) is 11.1 Å². The van der Waals surface area contributed by atoms with Crippen LogP contribution in [0, 0.1) is 6.92 Å². The molecule has 0 fully saturated rings. The summed E-state index contributed by atoms with van der Waals surface area (Å²) in [7, 11) is 0. The number of nitrogens with two attached hydrogens (primary N) is 1. The Hall–Kier alpha value is -1.32. The molecular weight excluding hydrogens is 252 g/mol. The third-order valence-electron chi connectivity index (χ3n) is 2.64. The van der Waals surface area contributed by atoms with Crippen LogP contribution in [0.5, 0.6) is 0 Å². The van der Waals surface area contributed by atoms with E-state index in [9.17, 15) is 0 Å². The molecule has 2 aromatic rings. The number of halogens is 1. The molecule has 3 N–H and O–H groups in total. The minimum absolute atomic E-state index is 0. The summed E-state index contributed by atoms with van der Waals surface area (Å²) in [4.78, 5) is 2.45. The van der Waals surface area contributed by atoms with Crippen molar-refractivity contribution in [1.82, 2.24) is 0 Å². The number of benzene rings is 2. The van der Waals surface area contributed by atoms with Gasteiger partial charge in [0.05, 0.1) is 17.1 Å². The van der Waals surface area contributed by atoms with Gasteiger partial charge in [-0.05, 0) is 36.8 Å². The van der Waals surface area contributed by atoms with Crippen LogP contribution < -0.4 is 11.1 Å². The zero-order valence-electron chi connectivity index (χ0n) is 9.36. The largest absolute Gasteiger partial charge is 0.397 e. The van der Waals surface area contributed by atoms with E-state index < -0.39 is 0 Å². The van der Waals surface area contributed by atoms with Gasteiger partial charge in [-0.15, -0.1) is 12.4 Å². The van der Waals surface area contributed by atoms with Crippen molar-refractivity contribution in [1.29, 1.82) is 0 Å². The first-order chi connectivity index (χ1) is 7.74. The molecule has 1 aliphatic rings. The van der Waals surface area contributed by atoms with Gasteiger partial charge >= 0.3 is 0 Å². The molecule has 0 unspecified atom stereocenters. The topological polar surface area (TPSA) is 38.0 Å². The van der Waals surface area contributed by atoms with Crippen molar-refractivity contribution in [3.63, 3.8) is 0 Å². The molecule has 0 radical (unpaired) electrons. The SMILES string of the molecule is Cc1cc(N)c2c(c1)Sc1ccccc1N2.Cl. The van der Waals surface area contributed by atoms with Crippen LogP contribution >= 0.6 is 24.2 Å². The van der Waals surface area contributed by atoms with Crippen LogP contribution in [0.4, 0.5) is 17.1 Å². The first kappa shape index (κ1) is 12.1. The molecule has 4 heteroatoms. The maximum Gasteiger partial charge on any atom is 0.0760 e. The molecular formula is C13H13ClN2S. The van der Waals surface area contributed by atoms with Gasteiger partial charge in [-0.3, -0.25) is 0 Å². The predicted molar refractivity (Wildman–Crippen MR) is 76.7 cm³/mol. The molecule has 88 valence electrons. The molecule has 0 aromatic heterocycles. The molecule has 1 heterocycles. The van der Waals surface area contributed by atoms with Gasteiger partial charge in [0, 0.05) is 9.79 Å². The van der Waals surface area contributed by atoms with Crippen LogP contribution in [-0.4, -0.2) is 0 Å². The quantitative estimate of drug-likeness (QED) is 0.598. The molecule has 0 saturated heterocycles. The highest BCUT2D eigenvalue weighted by molar-refractivity contribution is 7.99. The Kier molecular flexibility index (Phi) is 3.22. The van der Waals surface area contributed by atoms with Crippen molar-refractivity contribution >= 4 is 41.2 Å². The Balaban J connectivity index is 0.00000108. The lowest BCUT2D eigenvalue weighted by atomic mass is 10.2. The Bertz CT molecular complexity index is 569. The van der Waals surface area contributed by atoms with Gasteiger partial charge in [-0.2, -0.15) is 0 Å². The van der Waals surface area contributed by atoms with Crippen LogP contribution in [0.3, 0.4) is 0 Å². The monoisotopic (exact) mass is 264 g/mol. The summed E-state index contributed by atoms with van der Waals surface area (Å²) in [6, 6.07) is 12.4. The van der Waals surface area contributed by atoms with E-state index in [1.807, 2.05) is 12.1 Å². The van der Waals surface area contributed by atoms with Crippen molar-refractivity contribution in [3.05, 3.63) is 42.0 Å². The maximum atomic E-state index is 6.02. The highest BCUT2D eigenvalue weighted by atomic mass is 35.5. The first-order valence-electron chi connectivity index (χ1n) is 5.18. The lowest BCUT2D eigenvalue weighted by Gasteiger charge is -2.22. The lowest BCUT2D eigenvalue weighted by Crippen LogP contribution is -2.03. The van der Waals surface area contributed by atoms with Gasteiger partial charge < -0.3 is 11.1 Å². The number of hydrogen-bond donors (Lipinski definition) is 2. The van der Waals surface area contributed by atoms with E-state index in [1.165, 1.54) is 15.4 Å². The van der Waals surface area contributed by atoms with Crippen LogP contribution in [0.2, 0.25) is 0 Å². The Labute approximate surface area is 111 Å². The third kappa shape index (κ3) is 2.08. The van der Waals surface area contributed by atoms with Gasteiger partial charge in [-0.25, -0.2) is 0 Å². The van der Waals surface area contributed by atoms with E-state index in [0.717, 1.165) is 17.1 Å². The van der Waals surface area contributed by atoms with Gasteiger partial charge in [0.15, 0.2) is 0 Å². The third-order valence-corrected chi connectivity index (χ3v) is 3.76. The van der Waals surface area contributed by atoms with Gasteiger partial charge in [0.2, 0.25) is 0 Å². The predicted octanol–water partition coefficient (Wildman–Crippen LogP) is 4.21. The second-order valence-electron chi connectivity index (χ2n) is 3.95. The van der Waals surface area contributed by atoms with Crippen molar-refractivity contribution in [2.45, 2.75) is 16.7 Å². The summed E-state index contributed by atoms with van der Waals surface area (Å²) in [5.41, 5.74) is 10.2.